The Morgan fingerprint density at radius 1 is 0.560 bits per heavy atom. The molecule has 4 heteroatoms. The highest BCUT2D eigenvalue weighted by atomic mass is 16.3. The SMILES string of the molecule is CC(C)(C)c1cc(-c2cccc(N(c3cccc(-c4cc(-c5ccccc5)ccn4)c3)c3cccc4ccccc34)n2)c(O)c(C(C)(C)C)c1. The third-order valence-corrected chi connectivity index (χ3v) is 9.30. The molecule has 0 aliphatic rings. The standard InChI is InChI=1S/C46H43N3O/c1-45(2,3)35-29-38(44(50)39(30-35)46(4,5)6)40-22-14-24-43(48-40)49(42-23-13-18-32-17-10-11-21-37(32)42)36-20-12-19-34(27-36)41-28-33(25-26-47-41)31-15-8-7-9-16-31/h7-30,50H,1-6H3. The highest BCUT2D eigenvalue weighted by Gasteiger charge is 2.26. The van der Waals surface area contributed by atoms with Crippen LogP contribution in [0, 0.1) is 0 Å². The van der Waals surface area contributed by atoms with Crippen molar-refractivity contribution >= 4 is 28.0 Å². The highest BCUT2D eigenvalue weighted by molar-refractivity contribution is 5.99. The van der Waals surface area contributed by atoms with Crippen LogP contribution in [0.2, 0.25) is 0 Å². The van der Waals surface area contributed by atoms with Gasteiger partial charge in [-0.15, -0.1) is 0 Å². The number of phenolic OH excluding ortho intramolecular Hbond substituents is 1. The number of pyridine rings is 2. The summed E-state index contributed by atoms with van der Waals surface area (Å²) in [5.41, 5.74) is 9.30. The van der Waals surface area contributed by atoms with Crippen molar-refractivity contribution in [1.82, 2.24) is 9.97 Å². The minimum atomic E-state index is -0.251. The molecule has 7 aromatic rings. The molecule has 2 aromatic heterocycles. The Labute approximate surface area is 295 Å². The summed E-state index contributed by atoms with van der Waals surface area (Å²) in [7, 11) is 0. The van der Waals surface area contributed by atoms with Crippen molar-refractivity contribution in [3.05, 3.63) is 157 Å². The monoisotopic (exact) mass is 653 g/mol. The molecule has 50 heavy (non-hydrogen) atoms. The van der Waals surface area contributed by atoms with Crippen molar-refractivity contribution in [2.24, 2.45) is 0 Å². The minimum absolute atomic E-state index is 0.110. The Balaban J connectivity index is 1.41. The molecule has 5 aromatic carbocycles. The maximum absolute atomic E-state index is 11.8. The number of fused-ring (bicyclic) bond motifs is 1. The fourth-order valence-electron chi connectivity index (χ4n) is 6.53. The first-order valence-electron chi connectivity index (χ1n) is 17.2. The molecule has 0 fully saturated rings. The van der Waals surface area contributed by atoms with E-state index in [1.807, 2.05) is 30.5 Å². The van der Waals surface area contributed by atoms with Crippen LogP contribution in [-0.4, -0.2) is 15.1 Å². The minimum Gasteiger partial charge on any atom is -0.507 e. The normalized spacial score (nSPS) is 11.9. The van der Waals surface area contributed by atoms with Crippen molar-refractivity contribution in [2.45, 2.75) is 52.4 Å². The van der Waals surface area contributed by atoms with Gasteiger partial charge in [-0.25, -0.2) is 4.98 Å². The number of rotatable bonds is 6. The zero-order chi connectivity index (χ0) is 35.0. The van der Waals surface area contributed by atoms with Crippen molar-refractivity contribution in [1.29, 1.82) is 0 Å². The Morgan fingerprint density at radius 2 is 1.26 bits per heavy atom. The maximum Gasteiger partial charge on any atom is 0.138 e. The molecule has 0 unspecified atom stereocenters. The maximum atomic E-state index is 11.8. The first kappa shape index (κ1) is 32.8. The van der Waals surface area contributed by atoms with E-state index in [0.29, 0.717) is 0 Å². The summed E-state index contributed by atoms with van der Waals surface area (Å²) in [6.45, 7) is 13.0. The van der Waals surface area contributed by atoms with Gasteiger partial charge in [-0.3, -0.25) is 9.88 Å². The number of phenols is 1. The summed E-state index contributed by atoms with van der Waals surface area (Å²) in [5.74, 6) is 1.03. The van der Waals surface area contributed by atoms with E-state index >= 15 is 0 Å². The zero-order valence-corrected chi connectivity index (χ0v) is 29.6. The zero-order valence-electron chi connectivity index (χ0n) is 29.6. The van der Waals surface area contributed by atoms with Crippen LogP contribution < -0.4 is 4.90 Å². The molecule has 0 aliphatic heterocycles. The fraction of sp³-hybridized carbons (Fsp3) is 0.174. The second kappa shape index (κ2) is 12.9. The molecule has 248 valence electrons. The smallest absolute Gasteiger partial charge is 0.138 e. The molecule has 0 saturated carbocycles. The number of nitrogens with zero attached hydrogens (tertiary/aromatic N) is 3. The summed E-state index contributed by atoms with van der Waals surface area (Å²) < 4.78 is 0. The molecule has 0 amide bonds. The first-order valence-corrected chi connectivity index (χ1v) is 17.2. The topological polar surface area (TPSA) is 49.2 Å². The summed E-state index contributed by atoms with van der Waals surface area (Å²) >= 11 is 0. The van der Waals surface area contributed by atoms with E-state index in [4.69, 9.17) is 9.97 Å². The van der Waals surface area contributed by atoms with Crippen molar-refractivity contribution in [3.8, 4) is 39.4 Å². The van der Waals surface area contributed by atoms with Crippen LogP contribution in [0.1, 0.15) is 52.7 Å². The van der Waals surface area contributed by atoms with Crippen LogP contribution >= 0.6 is 0 Å². The van der Waals surface area contributed by atoms with Crippen LogP contribution in [0.4, 0.5) is 17.2 Å². The van der Waals surface area contributed by atoms with Crippen LogP contribution in [0.5, 0.6) is 5.75 Å². The molecule has 7 rings (SSSR count). The Bertz CT molecular complexity index is 2310. The number of anilines is 3. The van der Waals surface area contributed by atoms with Gasteiger partial charge in [0.15, 0.2) is 0 Å². The molecule has 0 saturated heterocycles. The van der Waals surface area contributed by atoms with Gasteiger partial charge >= 0.3 is 0 Å². The molecular weight excluding hydrogens is 611 g/mol. The molecule has 0 radical (unpaired) electrons. The van der Waals surface area contributed by atoms with Gasteiger partial charge in [0.1, 0.15) is 11.6 Å². The summed E-state index contributed by atoms with van der Waals surface area (Å²) in [6.07, 6.45) is 1.88. The molecular formula is C46H43N3O. The number of hydrogen-bond acceptors (Lipinski definition) is 4. The molecule has 0 bridgehead atoms. The van der Waals surface area contributed by atoms with Crippen LogP contribution in [0.25, 0.3) is 44.4 Å². The van der Waals surface area contributed by atoms with E-state index in [1.54, 1.807) is 0 Å². The summed E-state index contributed by atoms with van der Waals surface area (Å²) in [4.78, 5) is 12.3. The van der Waals surface area contributed by atoms with Gasteiger partial charge in [0.25, 0.3) is 0 Å². The van der Waals surface area contributed by atoms with Gasteiger partial charge in [0, 0.05) is 34.0 Å². The number of aromatic nitrogens is 2. The molecule has 2 heterocycles. The fourth-order valence-corrected chi connectivity index (χ4v) is 6.53. The van der Waals surface area contributed by atoms with E-state index in [2.05, 4.69) is 162 Å². The van der Waals surface area contributed by atoms with Crippen molar-refractivity contribution < 1.29 is 5.11 Å². The van der Waals surface area contributed by atoms with Gasteiger partial charge in [0.05, 0.1) is 17.1 Å². The lowest BCUT2D eigenvalue weighted by atomic mass is 9.78. The van der Waals surface area contributed by atoms with Crippen molar-refractivity contribution in [3.63, 3.8) is 0 Å². The summed E-state index contributed by atoms with van der Waals surface area (Å²) in [6, 6.07) is 48.2. The number of benzene rings is 5. The molecule has 0 aliphatic carbocycles. The molecule has 0 spiro atoms. The van der Waals surface area contributed by atoms with Gasteiger partial charge < -0.3 is 5.11 Å². The number of hydrogen-bond donors (Lipinski definition) is 1. The molecule has 4 nitrogen and oxygen atoms in total. The lowest BCUT2D eigenvalue weighted by molar-refractivity contribution is 0.446. The van der Waals surface area contributed by atoms with Crippen LogP contribution in [-0.2, 0) is 10.8 Å². The molecule has 0 atom stereocenters. The third-order valence-electron chi connectivity index (χ3n) is 9.30. The average Bonchev–Trinajstić information content (AvgIpc) is 3.12. The van der Waals surface area contributed by atoms with Gasteiger partial charge in [-0.05, 0) is 81.4 Å². The lowest BCUT2D eigenvalue weighted by Gasteiger charge is -2.28. The Morgan fingerprint density at radius 3 is 2.04 bits per heavy atom. The summed E-state index contributed by atoms with van der Waals surface area (Å²) in [5, 5.41) is 14.0. The third kappa shape index (κ3) is 6.49. The largest absolute Gasteiger partial charge is 0.507 e. The Hall–Kier alpha value is -5.74. The van der Waals surface area contributed by atoms with Gasteiger partial charge in [-0.1, -0.05) is 133 Å². The van der Waals surface area contributed by atoms with Gasteiger partial charge in [0.2, 0.25) is 0 Å². The Kier molecular flexibility index (Phi) is 8.49. The second-order valence-corrected chi connectivity index (χ2v) is 15.0. The van der Waals surface area contributed by atoms with Gasteiger partial charge in [-0.2, -0.15) is 0 Å². The number of aromatic hydroxyl groups is 1. The lowest BCUT2D eigenvalue weighted by Crippen LogP contribution is -2.17. The van der Waals surface area contributed by atoms with E-state index in [1.165, 1.54) is 0 Å². The van der Waals surface area contributed by atoms with Crippen LogP contribution in [0.3, 0.4) is 0 Å². The predicted molar refractivity (Wildman–Crippen MR) is 210 cm³/mol. The average molecular weight is 654 g/mol. The highest BCUT2D eigenvalue weighted by Crippen LogP contribution is 2.44. The quantitative estimate of drug-likeness (QED) is 0.194. The first-order chi connectivity index (χ1) is 24.0. The van der Waals surface area contributed by atoms with E-state index < -0.39 is 0 Å². The van der Waals surface area contributed by atoms with Crippen LogP contribution in [0.15, 0.2) is 146 Å². The predicted octanol–water partition coefficient (Wildman–Crippen LogP) is 12.4. The van der Waals surface area contributed by atoms with E-state index in [9.17, 15) is 5.11 Å². The van der Waals surface area contributed by atoms with Crippen molar-refractivity contribution in [2.75, 3.05) is 4.90 Å². The van der Waals surface area contributed by atoms with E-state index in [-0.39, 0.29) is 16.6 Å². The second-order valence-electron chi connectivity index (χ2n) is 15.0. The van der Waals surface area contributed by atoms with E-state index in [0.717, 1.165) is 72.7 Å². The molecule has 1 N–H and O–H groups in total.